The first-order valence-corrected chi connectivity index (χ1v) is 5.74. The number of hydrogen-bond donors (Lipinski definition) is 0. The monoisotopic (exact) mass is 281 g/mol. The maximum atomic E-state index is 6.17. The summed E-state index contributed by atoms with van der Waals surface area (Å²) in [7, 11) is 4.47. The summed E-state index contributed by atoms with van der Waals surface area (Å²) in [5.74, 6) is 0.883. The predicted molar refractivity (Wildman–Crippen MR) is 69.9 cm³/mol. The molecule has 2 rings (SSSR count). The maximum absolute atomic E-state index is 6.17. The van der Waals surface area contributed by atoms with Crippen molar-refractivity contribution in [3.8, 4) is 29.2 Å². The molecule has 6 nitrogen and oxygen atoms in total. The van der Waals surface area contributed by atoms with Gasteiger partial charge in [0.15, 0.2) is 5.82 Å². The summed E-state index contributed by atoms with van der Waals surface area (Å²) in [6.45, 7) is 0. The van der Waals surface area contributed by atoms with E-state index in [-0.39, 0.29) is 12.0 Å². The molecule has 1 heterocycles. The van der Waals surface area contributed by atoms with Crippen molar-refractivity contribution in [1.29, 1.82) is 0 Å². The molecule has 1 aromatic heterocycles. The molecule has 0 aliphatic heterocycles. The van der Waals surface area contributed by atoms with Crippen molar-refractivity contribution >= 4 is 11.6 Å². The van der Waals surface area contributed by atoms with Gasteiger partial charge >= 0.3 is 12.0 Å². The molecule has 0 saturated carbocycles. The van der Waals surface area contributed by atoms with Crippen LogP contribution in [0.25, 0.3) is 11.4 Å². The summed E-state index contributed by atoms with van der Waals surface area (Å²) in [5, 5.41) is 0.467. The van der Waals surface area contributed by atoms with Crippen LogP contribution in [0.1, 0.15) is 0 Å². The Morgan fingerprint density at radius 2 is 1.53 bits per heavy atom. The second kappa shape index (κ2) is 5.71. The Labute approximate surface area is 115 Å². The minimum atomic E-state index is 0.142. The van der Waals surface area contributed by atoms with E-state index >= 15 is 0 Å². The number of ether oxygens (including phenoxy) is 3. The number of nitrogens with zero attached hydrogens (tertiary/aromatic N) is 3. The highest BCUT2D eigenvalue weighted by Gasteiger charge is 2.16. The van der Waals surface area contributed by atoms with Crippen molar-refractivity contribution in [3.05, 3.63) is 23.2 Å². The molecular formula is C12H12ClN3O3. The fourth-order valence-corrected chi connectivity index (χ4v) is 1.77. The number of halogens is 1. The predicted octanol–water partition coefficient (Wildman–Crippen LogP) is 2.22. The number of benzene rings is 1. The lowest BCUT2D eigenvalue weighted by Crippen LogP contribution is -2.02. The van der Waals surface area contributed by atoms with Crippen LogP contribution in [-0.2, 0) is 0 Å². The van der Waals surface area contributed by atoms with Crippen molar-refractivity contribution in [2.24, 2.45) is 0 Å². The summed E-state index contributed by atoms with van der Waals surface area (Å²) >= 11 is 6.17. The molecule has 1 aromatic carbocycles. The number of hydrogen-bond acceptors (Lipinski definition) is 6. The van der Waals surface area contributed by atoms with Gasteiger partial charge in [0.1, 0.15) is 5.75 Å². The Morgan fingerprint density at radius 3 is 2.05 bits per heavy atom. The van der Waals surface area contributed by atoms with Crippen LogP contribution in [-0.4, -0.2) is 36.3 Å². The lowest BCUT2D eigenvalue weighted by atomic mass is 10.2. The first-order chi connectivity index (χ1) is 9.19. The molecule has 0 atom stereocenters. The number of rotatable bonds is 4. The summed E-state index contributed by atoms with van der Waals surface area (Å²) in [4.78, 5) is 12.2. The average molecular weight is 282 g/mol. The van der Waals surface area contributed by atoms with E-state index in [1.54, 1.807) is 25.3 Å². The van der Waals surface area contributed by atoms with Crippen LogP contribution in [0.4, 0.5) is 0 Å². The lowest BCUT2D eigenvalue weighted by molar-refractivity contribution is 0.340. The summed E-state index contributed by atoms with van der Waals surface area (Å²) in [6.07, 6.45) is 0. The van der Waals surface area contributed by atoms with Gasteiger partial charge in [0.05, 0.1) is 31.9 Å². The zero-order chi connectivity index (χ0) is 13.8. The largest absolute Gasteiger partial charge is 0.496 e. The third-order valence-corrected chi connectivity index (χ3v) is 2.69. The van der Waals surface area contributed by atoms with Gasteiger partial charge in [-0.1, -0.05) is 17.7 Å². The molecule has 0 unspecified atom stereocenters. The summed E-state index contributed by atoms with van der Waals surface area (Å²) in [5.41, 5.74) is 0.561. The van der Waals surface area contributed by atoms with E-state index in [0.29, 0.717) is 22.2 Å². The fraction of sp³-hybridized carbons (Fsp3) is 0.250. The smallest absolute Gasteiger partial charge is 0.322 e. The van der Waals surface area contributed by atoms with Gasteiger partial charge < -0.3 is 14.2 Å². The van der Waals surface area contributed by atoms with Crippen LogP contribution in [0.5, 0.6) is 17.8 Å². The molecule has 0 spiro atoms. The second-order valence-corrected chi connectivity index (χ2v) is 3.86. The molecule has 0 bridgehead atoms. The molecule has 0 radical (unpaired) electrons. The van der Waals surface area contributed by atoms with Crippen molar-refractivity contribution in [3.63, 3.8) is 0 Å². The summed E-state index contributed by atoms with van der Waals surface area (Å²) < 4.78 is 15.3. The molecule has 7 heteroatoms. The zero-order valence-corrected chi connectivity index (χ0v) is 11.4. The van der Waals surface area contributed by atoms with Crippen molar-refractivity contribution in [2.75, 3.05) is 21.3 Å². The second-order valence-electron chi connectivity index (χ2n) is 3.45. The van der Waals surface area contributed by atoms with Crippen LogP contribution in [0.3, 0.4) is 0 Å². The molecule has 0 amide bonds. The van der Waals surface area contributed by atoms with E-state index in [1.807, 2.05) is 0 Å². The van der Waals surface area contributed by atoms with E-state index in [2.05, 4.69) is 15.0 Å². The highest BCUT2D eigenvalue weighted by molar-refractivity contribution is 6.33. The Kier molecular flexibility index (Phi) is 4.01. The van der Waals surface area contributed by atoms with Gasteiger partial charge in [-0.25, -0.2) is 0 Å². The lowest BCUT2D eigenvalue weighted by Gasteiger charge is -2.10. The van der Waals surface area contributed by atoms with Crippen molar-refractivity contribution in [2.45, 2.75) is 0 Å². The maximum Gasteiger partial charge on any atom is 0.322 e. The molecule has 0 fully saturated rings. The van der Waals surface area contributed by atoms with Crippen LogP contribution < -0.4 is 14.2 Å². The standard InChI is InChI=1S/C12H12ClN3O3/c1-17-8-6-4-5-7(13)9(8)10-14-11(18-2)16-12(15-10)19-3/h4-6H,1-3H3. The molecular weight excluding hydrogens is 270 g/mol. The van der Waals surface area contributed by atoms with Gasteiger partial charge in [-0.2, -0.15) is 9.97 Å². The van der Waals surface area contributed by atoms with E-state index in [9.17, 15) is 0 Å². The first-order valence-electron chi connectivity index (χ1n) is 5.36. The highest BCUT2D eigenvalue weighted by Crippen LogP contribution is 2.35. The normalized spacial score (nSPS) is 10.1. The average Bonchev–Trinajstić information content (AvgIpc) is 2.46. The molecule has 0 saturated heterocycles. The van der Waals surface area contributed by atoms with Gasteiger partial charge in [-0.05, 0) is 12.1 Å². The van der Waals surface area contributed by atoms with Gasteiger partial charge in [0.25, 0.3) is 0 Å². The van der Waals surface area contributed by atoms with Gasteiger partial charge in [-0.15, -0.1) is 4.98 Å². The Balaban J connectivity index is 2.64. The van der Waals surface area contributed by atoms with E-state index < -0.39 is 0 Å². The van der Waals surface area contributed by atoms with Gasteiger partial charge in [-0.3, -0.25) is 0 Å². The number of methoxy groups -OCH3 is 3. The Bertz CT molecular complexity index is 570. The SMILES string of the molecule is COc1nc(OC)nc(-c2c(Cl)cccc2OC)n1. The third kappa shape index (κ3) is 2.68. The Hall–Kier alpha value is -2.08. The quantitative estimate of drug-likeness (QED) is 0.856. The molecule has 0 N–H and O–H groups in total. The highest BCUT2D eigenvalue weighted by atomic mass is 35.5. The molecule has 0 aliphatic carbocycles. The van der Waals surface area contributed by atoms with Gasteiger partial charge in [0, 0.05) is 0 Å². The minimum Gasteiger partial charge on any atom is -0.496 e. The van der Waals surface area contributed by atoms with E-state index in [0.717, 1.165) is 0 Å². The Morgan fingerprint density at radius 1 is 0.895 bits per heavy atom. The fourth-order valence-electron chi connectivity index (χ4n) is 1.52. The first kappa shape index (κ1) is 13.4. The summed E-state index contributed by atoms with van der Waals surface area (Å²) in [6, 6.07) is 5.56. The zero-order valence-electron chi connectivity index (χ0n) is 10.7. The topological polar surface area (TPSA) is 66.4 Å². The number of aromatic nitrogens is 3. The molecule has 2 aromatic rings. The third-order valence-electron chi connectivity index (χ3n) is 2.38. The van der Waals surface area contributed by atoms with Gasteiger partial charge in [0.2, 0.25) is 0 Å². The van der Waals surface area contributed by atoms with E-state index in [1.165, 1.54) is 14.2 Å². The van der Waals surface area contributed by atoms with Crippen molar-refractivity contribution in [1.82, 2.24) is 15.0 Å². The van der Waals surface area contributed by atoms with Crippen LogP contribution >= 0.6 is 11.6 Å². The van der Waals surface area contributed by atoms with E-state index in [4.69, 9.17) is 25.8 Å². The van der Waals surface area contributed by atoms with Crippen LogP contribution in [0.2, 0.25) is 5.02 Å². The minimum absolute atomic E-state index is 0.142. The van der Waals surface area contributed by atoms with Crippen LogP contribution in [0, 0.1) is 0 Å². The molecule has 19 heavy (non-hydrogen) atoms. The molecule has 0 aliphatic rings. The van der Waals surface area contributed by atoms with Crippen molar-refractivity contribution < 1.29 is 14.2 Å². The van der Waals surface area contributed by atoms with Crippen LogP contribution in [0.15, 0.2) is 18.2 Å². The molecule has 100 valence electrons.